The van der Waals surface area contributed by atoms with Gasteiger partial charge in [-0.15, -0.1) is 0 Å². The average Bonchev–Trinajstić information content (AvgIpc) is 3.53. The number of piperidine rings is 1. The van der Waals surface area contributed by atoms with Crippen molar-refractivity contribution in [2.75, 3.05) is 26.7 Å². The Hall–Kier alpha value is -2.42. The summed E-state index contributed by atoms with van der Waals surface area (Å²) in [6.07, 6.45) is 15.9. The van der Waals surface area contributed by atoms with Crippen LogP contribution in [0.4, 0.5) is 0 Å². The van der Waals surface area contributed by atoms with Crippen LogP contribution in [0.1, 0.15) is 146 Å². The molecule has 48 heavy (non-hydrogen) atoms. The number of hydrogen-bond acceptors (Lipinski definition) is 5. The predicted octanol–water partition coefficient (Wildman–Crippen LogP) is 6.46. The molecule has 0 aromatic carbocycles. The van der Waals surface area contributed by atoms with Crippen molar-refractivity contribution in [2.45, 2.75) is 176 Å². The van der Waals surface area contributed by atoms with Crippen LogP contribution in [-0.4, -0.2) is 95.2 Å². The second-order valence-corrected chi connectivity index (χ2v) is 16.1. The second-order valence-electron chi connectivity index (χ2n) is 16.1. The van der Waals surface area contributed by atoms with E-state index in [1.165, 1.54) is 38.5 Å². The Bertz CT molecular complexity index is 1070. The standard InChI is InChI=1S/C39H71N5O4/c1-11-12-13-14-15-16-17-19-24-40-35(45)31-23-21-26-44(31)37(47)30(6)27-33(28(2)3)42(10)38(48)34(39(7,8)9)41-36(46)32-22-18-20-25-43(32)29(4)5/h27-29,31-34H,11-26H2,1-10H3,(H,40,45)(H,41,46)/b30-27+/t31-,32?,33+,34+/m0/s1. The summed E-state index contributed by atoms with van der Waals surface area (Å²) in [5, 5.41) is 6.23. The molecule has 2 aliphatic rings. The van der Waals surface area contributed by atoms with E-state index in [0.29, 0.717) is 25.1 Å². The van der Waals surface area contributed by atoms with Gasteiger partial charge in [0.25, 0.3) is 0 Å². The molecule has 0 aromatic rings. The fourth-order valence-corrected chi connectivity index (χ4v) is 7.27. The molecule has 0 radical (unpaired) electrons. The first kappa shape index (κ1) is 41.7. The Kier molecular flexibility index (Phi) is 17.7. The maximum absolute atomic E-state index is 14.2. The van der Waals surface area contributed by atoms with Crippen LogP contribution in [0.5, 0.6) is 0 Å². The van der Waals surface area contributed by atoms with Crippen molar-refractivity contribution in [3.05, 3.63) is 11.6 Å². The van der Waals surface area contributed by atoms with Gasteiger partial charge in [0, 0.05) is 31.8 Å². The van der Waals surface area contributed by atoms with E-state index in [2.05, 4.69) is 36.3 Å². The molecule has 2 N–H and O–H groups in total. The number of carbonyl (C=O) groups is 4. The highest BCUT2D eigenvalue weighted by molar-refractivity contribution is 5.97. The number of hydrogen-bond donors (Lipinski definition) is 2. The molecule has 2 fully saturated rings. The predicted molar refractivity (Wildman–Crippen MR) is 196 cm³/mol. The Morgan fingerprint density at radius 2 is 1.44 bits per heavy atom. The molecule has 0 aliphatic carbocycles. The van der Waals surface area contributed by atoms with Gasteiger partial charge in [-0.25, -0.2) is 0 Å². The third kappa shape index (κ3) is 12.5. The van der Waals surface area contributed by atoms with Gasteiger partial charge >= 0.3 is 0 Å². The van der Waals surface area contributed by atoms with Crippen molar-refractivity contribution in [1.29, 1.82) is 0 Å². The minimum Gasteiger partial charge on any atom is -0.354 e. The molecule has 0 bridgehead atoms. The fraction of sp³-hybridized carbons (Fsp3) is 0.846. The summed E-state index contributed by atoms with van der Waals surface area (Å²) in [5.74, 6) is -0.455. The maximum Gasteiger partial charge on any atom is 0.249 e. The van der Waals surface area contributed by atoms with Crippen LogP contribution in [0.3, 0.4) is 0 Å². The van der Waals surface area contributed by atoms with Crippen LogP contribution in [0.2, 0.25) is 0 Å². The normalized spacial score (nSPS) is 20.6. The van der Waals surface area contributed by atoms with Gasteiger partial charge in [-0.1, -0.05) is 99.0 Å². The maximum atomic E-state index is 14.2. The van der Waals surface area contributed by atoms with Gasteiger partial charge in [-0.2, -0.15) is 0 Å². The van der Waals surface area contributed by atoms with Crippen molar-refractivity contribution in [2.24, 2.45) is 11.3 Å². The van der Waals surface area contributed by atoms with E-state index in [4.69, 9.17) is 0 Å². The molecule has 2 saturated heterocycles. The van der Waals surface area contributed by atoms with Crippen LogP contribution in [0.25, 0.3) is 0 Å². The van der Waals surface area contributed by atoms with Crippen LogP contribution in [-0.2, 0) is 19.2 Å². The molecule has 0 aromatic heterocycles. The van der Waals surface area contributed by atoms with Crippen molar-refractivity contribution < 1.29 is 19.2 Å². The molecule has 276 valence electrons. The number of unbranched alkanes of at least 4 members (excludes halogenated alkanes) is 7. The highest BCUT2D eigenvalue weighted by atomic mass is 16.2. The monoisotopic (exact) mass is 674 g/mol. The molecule has 9 heteroatoms. The van der Waals surface area contributed by atoms with Crippen molar-refractivity contribution in [1.82, 2.24) is 25.3 Å². The third-order valence-electron chi connectivity index (χ3n) is 10.3. The van der Waals surface area contributed by atoms with Crippen LogP contribution >= 0.6 is 0 Å². The minimum absolute atomic E-state index is 0.0251. The summed E-state index contributed by atoms with van der Waals surface area (Å²) in [4.78, 5) is 60.3. The van der Waals surface area contributed by atoms with E-state index in [-0.39, 0.29) is 47.7 Å². The Morgan fingerprint density at radius 1 is 0.833 bits per heavy atom. The first-order valence-electron chi connectivity index (χ1n) is 19.2. The van der Waals surface area contributed by atoms with E-state index < -0.39 is 17.5 Å². The van der Waals surface area contributed by atoms with Crippen LogP contribution in [0, 0.1) is 11.3 Å². The lowest BCUT2D eigenvalue weighted by Crippen LogP contribution is -2.60. The molecule has 0 spiro atoms. The first-order valence-corrected chi connectivity index (χ1v) is 19.2. The summed E-state index contributed by atoms with van der Waals surface area (Å²) >= 11 is 0. The smallest absolute Gasteiger partial charge is 0.249 e. The SMILES string of the molecule is CCCCCCCCCCNC(=O)[C@@H]1CCCN1C(=O)/C(C)=C/[C@H](C(C)C)N(C)C(=O)[C@@H](NC(=O)C1CCCCN1C(C)C)C(C)(C)C. The number of amides is 4. The third-order valence-corrected chi connectivity index (χ3v) is 10.3. The lowest BCUT2D eigenvalue weighted by Gasteiger charge is -2.41. The van der Waals surface area contributed by atoms with Gasteiger partial charge in [0.1, 0.15) is 12.1 Å². The fourth-order valence-electron chi connectivity index (χ4n) is 7.27. The van der Waals surface area contributed by atoms with E-state index in [1.54, 1.807) is 23.8 Å². The molecular formula is C39H71N5O4. The van der Waals surface area contributed by atoms with Crippen molar-refractivity contribution in [3.63, 3.8) is 0 Å². The molecule has 4 amide bonds. The summed E-state index contributed by atoms with van der Waals surface area (Å²) < 4.78 is 0. The molecule has 2 rings (SSSR count). The van der Waals surface area contributed by atoms with Crippen LogP contribution < -0.4 is 10.6 Å². The van der Waals surface area contributed by atoms with Crippen molar-refractivity contribution >= 4 is 23.6 Å². The van der Waals surface area contributed by atoms with Gasteiger partial charge in [0.15, 0.2) is 0 Å². The Morgan fingerprint density at radius 3 is 2.02 bits per heavy atom. The molecule has 2 aliphatic heterocycles. The Balaban J connectivity index is 2.07. The lowest BCUT2D eigenvalue weighted by molar-refractivity contribution is -0.142. The number of rotatable bonds is 18. The van der Waals surface area contributed by atoms with E-state index in [0.717, 1.165) is 45.1 Å². The van der Waals surface area contributed by atoms with E-state index >= 15 is 0 Å². The topological polar surface area (TPSA) is 102 Å². The average molecular weight is 674 g/mol. The first-order chi connectivity index (χ1) is 22.6. The summed E-state index contributed by atoms with van der Waals surface area (Å²) in [5.41, 5.74) is 0.0152. The molecule has 2 heterocycles. The largest absolute Gasteiger partial charge is 0.354 e. The zero-order chi connectivity index (χ0) is 36.0. The number of nitrogens with one attached hydrogen (secondary N) is 2. The molecule has 4 atom stereocenters. The quantitative estimate of drug-likeness (QED) is 0.129. The minimum atomic E-state index is -0.718. The molecule has 1 unspecified atom stereocenters. The highest BCUT2D eigenvalue weighted by Crippen LogP contribution is 2.27. The van der Waals surface area contributed by atoms with Gasteiger partial charge in [-0.05, 0) is 70.8 Å². The van der Waals surface area contributed by atoms with Crippen molar-refractivity contribution in [3.8, 4) is 0 Å². The molecular weight excluding hydrogens is 602 g/mol. The van der Waals surface area contributed by atoms with E-state index in [1.807, 2.05) is 40.7 Å². The Labute approximate surface area is 293 Å². The number of carbonyl (C=O) groups excluding carboxylic acids is 4. The lowest BCUT2D eigenvalue weighted by atomic mass is 9.84. The van der Waals surface area contributed by atoms with Gasteiger partial charge in [0.2, 0.25) is 23.6 Å². The number of nitrogens with zero attached hydrogens (tertiary/aromatic N) is 3. The van der Waals surface area contributed by atoms with Gasteiger partial charge in [-0.3, -0.25) is 24.1 Å². The molecule has 0 saturated carbocycles. The van der Waals surface area contributed by atoms with Gasteiger partial charge in [0.05, 0.1) is 12.1 Å². The van der Waals surface area contributed by atoms with E-state index in [9.17, 15) is 19.2 Å². The number of likely N-dealkylation sites (N-methyl/N-ethyl adjacent to an activating group) is 1. The highest BCUT2D eigenvalue weighted by Gasteiger charge is 2.40. The van der Waals surface area contributed by atoms with Gasteiger partial charge < -0.3 is 20.4 Å². The zero-order valence-electron chi connectivity index (χ0n) is 32.3. The number of likely N-dealkylation sites (tertiary alicyclic amines) is 2. The van der Waals surface area contributed by atoms with Crippen LogP contribution in [0.15, 0.2) is 11.6 Å². The zero-order valence-corrected chi connectivity index (χ0v) is 32.3. The second kappa shape index (κ2) is 20.3. The summed E-state index contributed by atoms with van der Waals surface area (Å²) in [6, 6.07) is -1.53. The summed E-state index contributed by atoms with van der Waals surface area (Å²) in [6.45, 7) is 20.3. The molecule has 9 nitrogen and oxygen atoms in total. The summed E-state index contributed by atoms with van der Waals surface area (Å²) in [7, 11) is 1.77.